The van der Waals surface area contributed by atoms with Crippen LogP contribution in [0.3, 0.4) is 0 Å². The van der Waals surface area contributed by atoms with Crippen LogP contribution >= 0.6 is 36.8 Å². The quantitative estimate of drug-likeness (QED) is 0.456. The SMILES string of the molecule is O=C(c1ccccc1)N1NC(=S)C(S)S1. The minimum atomic E-state index is -0.146. The summed E-state index contributed by atoms with van der Waals surface area (Å²) < 4.78 is 1.27. The van der Waals surface area contributed by atoms with Crippen LogP contribution in [0.4, 0.5) is 0 Å². The van der Waals surface area contributed by atoms with Crippen LogP contribution in [0.25, 0.3) is 0 Å². The van der Waals surface area contributed by atoms with Gasteiger partial charge in [-0.15, -0.1) is 0 Å². The predicted molar refractivity (Wildman–Crippen MR) is 68.7 cm³/mol. The van der Waals surface area contributed by atoms with E-state index in [2.05, 4.69) is 18.1 Å². The molecule has 1 N–H and O–H groups in total. The zero-order valence-corrected chi connectivity index (χ0v) is 10.1. The van der Waals surface area contributed by atoms with Gasteiger partial charge in [0.15, 0.2) is 0 Å². The molecule has 15 heavy (non-hydrogen) atoms. The summed E-state index contributed by atoms with van der Waals surface area (Å²) in [6.45, 7) is 0. The molecule has 0 aliphatic carbocycles. The number of hydrogen-bond acceptors (Lipinski definition) is 4. The van der Waals surface area contributed by atoms with Gasteiger partial charge in [-0.2, -0.15) is 17.0 Å². The summed E-state index contributed by atoms with van der Waals surface area (Å²) in [6, 6.07) is 9.04. The van der Waals surface area contributed by atoms with Gasteiger partial charge in [0.25, 0.3) is 5.91 Å². The fourth-order valence-electron chi connectivity index (χ4n) is 1.13. The van der Waals surface area contributed by atoms with Crippen LogP contribution in [0.2, 0.25) is 0 Å². The van der Waals surface area contributed by atoms with E-state index >= 15 is 0 Å². The highest BCUT2D eigenvalue weighted by Crippen LogP contribution is 2.27. The molecule has 1 saturated heterocycles. The van der Waals surface area contributed by atoms with Crippen molar-refractivity contribution in [2.24, 2.45) is 0 Å². The number of amides is 1. The highest BCUT2D eigenvalue weighted by Gasteiger charge is 2.29. The first-order valence-corrected chi connectivity index (χ1v) is 5.99. The van der Waals surface area contributed by atoms with E-state index in [4.69, 9.17) is 12.2 Å². The van der Waals surface area contributed by atoms with Gasteiger partial charge in [-0.25, -0.2) is 0 Å². The highest BCUT2D eigenvalue weighted by atomic mass is 32.2. The first-order chi connectivity index (χ1) is 7.18. The van der Waals surface area contributed by atoms with Crippen LogP contribution in [-0.2, 0) is 0 Å². The summed E-state index contributed by atoms with van der Waals surface area (Å²) in [6.07, 6.45) is 0. The van der Waals surface area contributed by atoms with E-state index in [1.54, 1.807) is 12.1 Å². The van der Waals surface area contributed by atoms with E-state index in [1.807, 2.05) is 18.2 Å². The average molecular weight is 256 g/mol. The van der Waals surface area contributed by atoms with Gasteiger partial charge in [-0.05, 0) is 24.1 Å². The Labute approximate surface area is 103 Å². The fraction of sp³-hybridized carbons (Fsp3) is 0.111. The molecule has 1 aliphatic heterocycles. The zero-order valence-electron chi connectivity index (χ0n) is 7.58. The number of carbonyl (C=O) groups excluding carboxylic acids is 1. The van der Waals surface area contributed by atoms with Gasteiger partial charge in [-0.3, -0.25) is 10.2 Å². The number of benzene rings is 1. The molecule has 2 rings (SSSR count). The number of hydrazine groups is 1. The second kappa shape index (κ2) is 4.42. The molecule has 1 aliphatic rings. The molecule has 6 heteroatoms. The molecule has 0 aromatic heterocycles. The Morgan fingerprint density at radius 3 is 2.67 bits per heavy atom. The van der Waals surface area contributed by atoms with Gasteiger partial charge in [0.1, 0.15) is 9.57 Å². The third kappa shape index (κ3) is 2.27. The van der Waals surface area contributed by atoms with Gasteiger partial charge >= 0.3 is 0 Å². The van der Waals surface area contributed by atoms with Gasteiger partial charge in [0.2, 0.25) is 0 Å². The molecule has 1 aromatic carbocycles. The van der Waals surface area contributed by atoms with E-state index < -0.39 is 0 Å². The Hall–Kier alpha value is -0.720. The van der Waals surface area contributed by atoms with Crippen LogP contribution in [0.1, 0.15) is 10.4 Å². The van der Waals surface area contributed by atoms with Gasteiger partial charge in [-0.1, -0.05) is 30.4 Å². The lowest BCUT2D eigenvalue weighted by molar-refractivity contribution is 0.0855. The first kappa shape index (κ1) is 10.8. The number of thiol groups is 1. The van der Waals surface area contributed by atoms with Gasteiger partial charge in [0, 0.05) is 5.56 Å². The molecule has 1 fully saturated rings. The maximum atomic E-state index is 11.9. The number of hydrogen-bond donors (Lipinski definition) is 2. The van der Waals surface area contributed by atoms with Crippen molar-refractivity contribution in [2.75, 3.05) is 0 Å². The standard InChI is InChI=1S/C9H8N2OS3/c12-8(6-4-2-1-3-5-6)11-10-7(13)9(14)15-11/h1-5,9,14H,(H,10,13). The Kier molecular flexibility index (Phi) is 3.18. The molecule has 1 aromatic rings. The minimum Gasteiger partial charge on any atom is -0.277 e. The Bertz CT molecular complexity index is 396. The second-order valence-corrected chi connectivity index (χ2v) is 5.25. The summed E-state index contributed by atoms with van der Waals surface area (Å²) in [4.78, 5) is 12.4. The minimum absolute atomic E-state index is 0.112. The molecule has 0 saturated carbocycles. The molecule has 78 valence electrons. The summed E-state index contributed by atoms with van der Waals surface area (Å²) in [5, 5.41) is 0. The van der Waals surface area contributed by atoms with E-state index in [1.165, 1.54) is 16.4 Å². The van der Waals surface area contributed by atoms with Crippen molar-refractivity contribution >= 4 is 47.7 Å². The first-order valence-electron chi connectivity index (χ1n) is 4.23. The van der Waals surface area contributed by atoms with Crippen LogP contribution in [0.15, 0.2) is 30.3 Å². The maximum absolute atomic E-state index is 11.9. The molecule has 1 heterocycles. The second-order valence-electron chi connectivity index (χ2n) is 2.90. The topological polar surface area (TPSA) is 32.3 Å². The maximum Gasteiger partial charge on any atom is 0.282 e. The number of nitrogens with one attached hydrogen (secondary N) is 1. The molecule has 1 amide bonds. The van der Waals surface area contributed by atoms with Crippen LogP contribution in [0, 0.1) is 0 Å². The highest BCUT2D eigenvalue weighted by molar-refractivity contribution is 8.12. The van der Waals surface area contributed by atoms with Gasteiger partial charge < -0.3 is 0 Å². The molecular formula is C9H8N2OS3. The fourth-order valence-corrected chi connectivity index (χ4v) is 2.45. The lowest BCUT2D eigenvalue weighted by Gasteiger charge is -2.13. The van der Waals surface area contributed by atoms with Crippen molar-refractivity contribution in [1.82, 2.24) is 9.84 Å². The molecule has 0 bridgehead atoms. The summed E-state index contributed by atoms with van der Waals surface area (Å²) in [5.41, 5.74) is 3.43. The molecule has 1 unspecified atom stereocenters. The normalized spacial score (nSPS) is 20.2. The molecular weight excluding hydrogens is 248 g/mol. The lowest BCUT2D eigenvalue weighted by Crippen LogP contribution is -2.34. The lowest BCUT2D eigenvalue weighted by atomic mass is 10.2. The summed E-state index contributed by atoms with van der Waals surface area (Å²) >= 11 is 10.5. The third-order valence-corrected chi connectivity index (χ3v) is 3.94. The molecule has 1 atom stereocenters. The number of nitrogens with zero attached hydrogens (tertiary/aromatic N) is 1. The molecule has 0 radical (unpaired) electrons. The van der Waals surface area contributed by atoms with Crippen molar-refractivity contribution in [1.29, 1.82) is 0 Å². The predicted octanol–water partition coefficient (Wildman–Crippen LogP) is 1.88. The number of rotatable bonds is 1. The van der Waals surface area contributed by atoms with E-state index in [-0.39, 0.29) is 10.5 Å². The number of thiocarbonyl (C=S) groups is 1. The Morgan fingerprint density at radius 2 is 2.13 bits per heavy atom. The van der Waals surface area contributed by atoms with Gasteiger partial charge in [0.05, 0.1) is 0 Å². The summed E-state index contributed by atoms with van der Waals surface area (Å²) in [7, 11) is 0. The third-order valence-electron chi connectivity index (χ3n) is 1.85. The van der Waals surface area contributed by atoms with E-state index in [0.717, 1.165) is 0 Å². The summed E-state index contributed by atoms with van der Waals surface area (Å²) in [5.74, 6) is -0.112. The molecule has 0 spiro atoms. The Balaban J connectivity index is 2.14. The number of carbonyl (C=O) groups is 1. The zero-order chi connectivity index (χ0) is 10.8. The monoisotopic (exact) mass is 256 g/mol. The van der Waals surface area contributed by atoms with Crippen LogP contribution < -0.4 is 5.43 Å². The average Bonchev–Trinajstić information content (AvgIpc) is 2.59. The van der Waals surface area contributed by atoms with Crippen molar-refractivity contribution in [3.63, 3.8) is 0 Å². The smallest absolute Gasteiger partial charge is 0.277 e. The van der Waals surface area contributed by atoms with Crippen molar-refractivity contribution < 1.29 is 4.79 Å². The largest absolute Gasteiger partial charge is 0.282 e. The van der Waals surface area contributed by atoms with Crippen LogP contribution in [-0.4, -0.2) is 19.9 Å². The van der Waals surface area contributed by atoms with Crippen molar-refractivity contribution in [3.05, 3.63) is 35.9 Å². The van der Waals surface area contributed by atoms with Crippen molar-refractivity contribution in [3.8, 4) is 0 Å². The van der Waals surface area contributed by atoms with E-state index in [0.29, 0.717) is 10.6 Å². The molecule has 3 nitrogen and oxygen atoms in total. The van der Waals surface area contributed by atoms with E-state index in [9.17, 15) is 4.79 Å². The van der Waals surface area contributed by atoms with Crippen molar-refractivity contribution in [2.45, 2.75) is 4.58 Å². The van der Waals surface area contributed by atoms with Crippen LogP contribution in [0.5, 0.6) is 0 Å². The Morgan fingerprint density at radius 1 is 1.47 bits per heavy atom.